The number of unbranched alkanes of at least 4 members (excludes halogenated alkanes) is 15. The minimum Gasteiger partial charge on any atom is -0.282 e. The fourth-order valence-corrected chi connectivity index (χ4v) is 5.10. The summed E-state index contributed by atoms with van der Waals surface area (Å²) in [7, 11) is -4.12. The Hall–Kier alpha value is -0.870. The highest BCUT2D eigenvalue weighted by atomic mass is 32.2. The third kappa shape index (κ3) is 14.3. The Labute approximate surface area is 199 Å². The molecule has 1 rings (SSSR count). The maximum Gasteiger partial charge on any atom is 0.294 e. The van der Waals surface area contributed by atoms with Gasteiger partial charge in [-0.3, -0.25) is 4.55 Å². The van der Waals surface area contributed by atoms with E-state index in [2.05, 4.69) is 13.8 Å². The summed E-state index contributed by atoms with van der Waals surface area (Å²) >= 11 is 0. The summed E-state index contributed by atoms with van der Waals surface area (Å²) in [6.07, 6.45) is 25.0. The molecule has 0 aliphatic carbocycles. The summed E-state index contributed by atoms with van der Waals surface area (Å²) in [5.74, 6) is 0.495. The third-order valence-corrected chi connectivity index (χ3v) is 7.58. The number of rotatable bonds is 21. The van der Waals surface area contributed by atoms with E-state index in [0.29, 0.717) is 5.92 Å². The monoisotopic (exact) mass is 466 g/mol. The third-order valence-electron chi connectivity index (χ3n) is 6.71. The van der Waals surface area contributed by atoms with E-state index in [0.717, 1.165) is 0 Å². The molecule has 1 atom stereocenters. The van der Waals surface area contributed by atoms with Gasteiger partial charge >= 0.3 is 0 Å². The van der Waals surface area contributed by atoms with Gasteiger partial charge < -0.3 is 0 Å². The van der Waals surface area contributed by atoms with E-state index in [1.807, 2.05) is 12.1 Å². The standard InChI is InChI=1S/C28H50O3S/c1-3-5-7-9-11-13-15-17-19-21-26(20-18-16-14-12-10-8-6-4-2)27-22-24-28(25-23-27)32(29,30)31/h22-26H,3-21H2,1-2H3,(H,29,30,31). The van der Waals surface area contributed by atoms with Gasteiger partial charge in [-0.1, -0.05) is 135 Å². The average molecular weight is 467 g/mol. The molecule has 1 aromatic carbocycles. The van der Waals surface area contributed by atoms with Crippen molar-refractivity contribution in [3.05, 3.63) is 29.8 Å². The smallest absolute Gasteiger partial charge is 0.282 e. The topological polar surface area (TPSA) is 54.4 Å². The summed E-state index contributed by atoms with van der Waals surface area (Å²) in [6.45, 7) is 4.52. The van der Waals surface area contributed by atoms with Crippen LogP contribution >= 0.6 is 0 Å². The highest BCUT2D eigenvalue weighted by molar-refractivity contribution is 7.85. The van der Waals surface area contributed by atoms with Gasteiger partial charge in [0.05, 0.1) is 4.90 Å². The zero-order valence-corrected chi connectivity index (χ0v) is 21.8. The van der Waals surface area contributed by atoms with Crippen LogP contribution in [0.25, 0.3) is 0 Å². The number of hydrogen-bond donors (Lipinski definition) is 1. The van der Waals surface area contributed by atoms with Crippen molar-refractivity contribution in [2.75, 3.05) is 0 Å². The van der Waals surface area contributed by atoms with Crippen LogP contribution in [0.3, 0.4) is 0 Å². The Balaban J connectivity index is 2.41. The molecule has 0 saturated heterocycles. The van der Waals surface area contributed by atoms with E-state index in [-0.39, 0.29) is 4.90 Å². The molecule has 3 nitrogen and oxygen atoms in total. The van der Waals surface area contributed by atoms with Crippen molar-refractivity contribution in [1.29, 1.82) is 0 Å². The van der Waals surface area contributed by atoms with Crippen molar-refractivity contribution >= 4 is 10.1 Å². The Morgan fingerprint density at radius 3 is 1.28 bits per heavy atom. The van der Waals surface area contributed by atoms with Gasteiger partial charge in [0.25, 0.3) is 10.1 Å². The Morgan fingerprint density at radius 1 is 0.594 bits per heavy atom. The van der Waals surface area contributed by atoms with Crippen LogP contribution in [0.15, 0.2) is 29.2 Å². The molecule has 0 aliphatic rings. The second-order valence-electron chi connectivity index (χ2n) is 9.62. The van der Waals surface area contributed by atoms with E-state index in [4.69, 9.17) is 0 Å². The molecular formula is C28H50O3S. The van der Waals surface area contributed by atoms with Crippen LogP contribution in [0.5, 0.6) is 0 Å². The van der Waals surface area contributed by atoms with E-state index in [9.17, 15) is 13.0 Å². The summed E-state index contributed by atoms with van der Waals surface area (Å²) in [5, 5.41) is 0. The highest BCUT2D eigenvalue weighted by Gasteiger charge is 2.14. The van der Waals surface area contributed by atoms with Crippen molar-refractivity contribution in [3.8, 4) is 0 Å². The van der Waals surface area contributed by atoms with E-state index < -0.39 is 10.1 Å². The largest absolute Gasteiger partial charge is 0.294 e. The molecule has 1 N–H and O–H groups in total. The second-order valence-corrected chi connectivity index (χ2v) is 11.0. The SMILES string of the molecule is CCCCCCCCCCCC(CCCCCCCCCC)c1ccc(S(=O)(=O)O)cc1. The molecule has 0 saturated carbocycles. The van der Waals surface area contributed by atoms with Crippen LogP contribution in [0.4, 0.5) is 0 Å². The fraction of sp³-hybridized carbons (Fsp3) is 0.786. The van der Waals surface area contributed by atoms with E-state index in [1.54, 1.807) is 12.1 Å². The lowest BCUT2D eigenvalue weighted by Gasteiger charge is -2.18. The summed E-state index contributed by atoms with van der Waals surface area (Å²) in [6, 6.07) is 6.93. The normalized spacial score (nSPS) is 12.8. The molecule has 1 aromatic rings. The maximum absolute atomic E-state index is 11.4. The van der Waals surface area contributed by atoms with Crippen molar-refractivity contribution in [1.82, 2.24) is 0 Å². The summed E-state index contributed by atoms with van der Waals surface area (Å²) in [5.41, 5.74) is 1.22. The van der Waals surface area contributed by atoms with Crippen molar-refractivity contribution in [3.63, 3.8) is 0 Å². The molecule has 0 aliphatic heterocycles. The van der Waals surface area contributed by atoms with Gasteiger partial charge in [0.1, 0.15) is 0 Å². The maximum atomic E-state index is 11.4. The van der Waals surface area contributed by atoms with Gasteiger partial charge in [-0.15, -0.1) is 0 Å². The minimum atomic E-state index is -4.12. The van der Waals surface area contributed by atoms with Gasteiger partial charge in [0, 0.05) is 0 Å². The molecular weight excluding hydrogens is 416 g/mol. The van der Waals surface area contributed by atoms with Gasteiger partial charge in [0.2, 0.25) is 0 Å². The van der Waals surface area contributed by atoms with Gasteiger partial charge in [-0.25, -0.2) is 0 Å². The Bertz CT molecular complexity index is 652. The van der Waals surface area contributed by atoms with Crippen molar-refractivity contribution in [2.45, 2.75) is 147 Å². The predicted molar refractivity (Wildman–Crippen MR) is 138 cm³/mol. The molecule has 0 spiro atoms. The lowest BCUT2D eigenvalue weighted by molar-refractivity contribution is 0.479. The molecule has 4 heteroatoms. The molecule has 32 heavy (non-hydrogen) atoms. The molecule has 0 heterocycles. The zero-order chi connectivity index (χ0) is 23.5. The zero-order valence-electron chi connectivity index (χ0n) is 21.0. The van der Waals surface area contributed by atoms with Crippen molar-refractivity contribution < 1.29 is 13.0 Å². The van der Waals surface area contributed by atoms with Crippen LogP contribution < -0.4 is 0 Å². The molecule has 186 valence electrons. The second kappa shape index (κ2) is 18.5. The van der Waals surface area contributed by atoms with E-state index >= 15 is 0 Å². The lowest BCUT2D eigenvalue weighted by atomic mass is 9.88. The first kappa shape index (κ1) is 29.2. The summed E-state index contributed by atoms with van der Waals surface area (Å²) in [4.78, 5) is -0.00449. The van der Waals surface area contributed by atoms with Gasteiger partial charge in [-0.2, -0.15) is 8.42 Å². The van der Waals surface area contributed by atoms with Crippen LogP contribution in [-0.2, 0) is 10.1 Å². The number of benzene rings is 1. The average Bonchev–Trinajstić information content (AvgIpc) is 2.78. The first-order valence-electron chi connectivity index (χ1n) is 13.6. The van der Waals surface area contributed by atoms with Crippen LogP contribution in [0.2, 0.25) is 0 Å². The highest BCUT2D eigenvalue weighted by Crippen LogP contribution is 2.29. The lowest BCUT2D eigenvalue weighted by Crippen LogP contribution is -2.02. The molecule has 0 bridgehead atoms. The van der Waals surface area contributed by atoms with Gasteiger partial charge in [-0.05, 0) is 36.5 Å². The Morgan fingerprint density at radius 2 is 0.938 bits per heavy atom. The number of hydrogen-bond acceptors (Lipinski definition) is 2. The first-order valence-corrected chi connectivity index (χ1v) is 15.0. The molecule has 0 amide bonds. The van der Waals surface area contributed by atoms with Gasteiger partial charge in [0.15, 0.2) is 0 Å². The molecule has 1 unspecified atom stereocenters. The van der Waals surface area contributed by atoms with Crippen LogP contribution in [-0.4, -0.2) is 13.0 Å². The molecule has 0 radical (unpaired) electrons. The van der Waals surface area contributed by atoms with Crippen molar-refractivity contribution in [2.24, 2.45) is 0 Å². The summed E-state index contributed by atoms with van der Waals surface area (Å²) < 4.78 is 32.0. The van der Waals surface area contributed by atoms with E-state index in [1.165, 1.54) is 128 Å². The minimum absolute atomic E-state index is 0.00449. The van der Waals surface area contributed by atoms with Crippen LogP contribution in [0.1, 0.15) is 147 Å². The molecule has 0 fully saturated rings. The molecule has 0 aromatic heterocycles. The van der Waals surface area contributed by atoms with Crippen LogP contribution in [0, 0.1) is 0 Å². The fourth-order valence-electron chi connectivity index (χ4n) is 4.62. The Kier molecular flexibility index (Phi) is 16.9. The quantitative estimate of drug-likeness (QED) is 0.145. The first-order chi connectivity index (χ1) is 15.5. The predicted octanol–water partition coefficient (Wildman–Crippen LogP) is 9.47.